The number of nitrogens with one attached hydrogen (secondary N) is 2. The number of rotatable bonds is 6. The maximum atomic E-state index is 13.1. The van der Waals surface area contributed by atoms with Crippen molar-refractivity contribution in [1.82, 2.24) is 15.1 Å². The number of H-pyrrole nitrogens is 1. The number of benzene rings is 2. The van der Waals surface area contributed by atoms with Gasteiger partial charge in [0.05, 0.1) is 32.3 Å². The average molecular weight is 664 g/mol. The fraction of sp³-hybridized carbons (Fsp3) is 0.0833. The van der Waals surface area contributed by atoms with E-state index in [1.54, 1.807) is 6.92 Å². The van der Waals surface area contributed by atoms with Crippen LogP contribution in [-0.2, 0) is 29.8 Å². The molecule has 0 unspecified atom stereocenters. The van der Waals surface area contributed by atoms with Gasteiger partial charge in [-0.2, -0.15) is 5.01 Å². The topological polar surface area (TPSA) is 214 Å². The van der Waals surface area contributed by atoms with E-state index in [2.05, 4.69) is 15.5 Å². The van der Waals surface area contributed by atoms with Crippen LogP contribution in [0.15, 0.2) is 85.9 Å². The Balaban J connectivity index is 0.00000308. The minimum Gasteiger partial charge on any atom is -0.744 e. The van der Waals surface area contributed by atoms with Crippen molar-refractivity contribution in [3.63, 3.8) is 0 Å². The van der Waals surface area contributed by atoms with E-state index >= 15 is 0 Å². The van der Waals surface area contributed by atoms with Crippen molar-refractivity contribution >= 4 is 49.6 Å². The molecule has 0 bridgehead atoms. The van der Waals surface area contributed by atoms with Gasteiger partial charge >= 0.3 is 103 Å². The Morgan fingerprint density at radius 3 is 1.88 bits per heavy atom. The molecule has 3 aromatic rings. The maximum Gasteiger partial charge on any atom is 1.00 e. The van der Waals surface area contributed by atoms with E-state index in [1.165, 1.54) is 49.4 Å². The second-order valence-corrected chi connectivity index (χ2v) is 11.1. The molecule has 0 aliphatic carbocycles. The number of hydrogen-bond donors (Lipinski definition) is 2. The summed E-state index contributed by atoms with van der Waals surface area (Å²) in [5.41, 5.74) is 0.489. The number of carbonyl (C=O) groups is 2. The zero-order valence-electron chi connectivity index (χ0n) is 22.7. The van der Waals surface area contributed by atoms with Crippen LogP contribution in [0.1, 0.15) is 18.2 Å². The smallest absolute Gasteiger partial charge is 0.744 e. The summed E-state index contributed by atoms with van der Waals surface area (Å²) in [5.74, 6) is -1.29. The molecular weight excluding hydrogens is 645 g/mol. The molecule has 1 aliphatic heterocycles. The predicted octanol–water partition coefficient (Wildman–Crippen LogP) is -5.27. The van der Waals surface area contributed by atoms with Crippen molar-refractivity contribution in [2.45, 2.75) is 23.6 Å². The zero-order valence-corrected chi connectivity index (χ0v) is 30.6. The summed E-state index contributed by atoms with van der Waals surface area (Å²) in [4.78, 5) is 36.8. The van der Waals surface area contributed by atoms with Crippen LogP contribution in [0.3, 0.4) is 0 Å². The molecule has 42 heavy (non-hydrogen) atoms. The molecule has 2 N–H and O–H groups in total. The number of anilines is 1. The van der Waals surface area contributed by atoms with Crippen LogP contribution >= 0.6 is 0 Å². The number of carbonyl (C=O) groups excluding carboxylic acids is 2. The minimum atomic E-state index is -4.70. The summed E-state index contributed by atoms with van der Waals surface area (Å²) in [7, 11) is -9.35. The normalized spacial score (nSPS) is 14.5. The van der Waals surface area contributed by atoms with E-state index in [4.69, 9.17) is 0 Å². The molecule has 2 heterocycles. The molecule has 208 valence electrons. The van der Waals surface area contributed by atoms with Crippen molar-refractivity contribution in [3.8, 4) is 5.69 Å². The fourth-order valence-corrected chi connectivity index (χ4v) is 4.63. The zero-order chi connectivity index (χ0) is 29.4. The van der Waals surface area contributed by atoms with E-state index in [0.29, 0.717) is 5.69 Å². The van der Waals surface area contributed by atoms with Crippen LogP contribution in [0.2, 0.25) is 0 Å². The number of allylic oxidation sites excluding steroid dienone is 2. The van der Waals surface area contributed by atoms with Crippen molar-refractivity contribution < 1.29 is 138 Å². The average Bonchev–Trinajstić information content (AvgIpc) is 3.33. The molecule has 4 rings (SSSR count). The van der Waals surface area contributed by atoms with E-state index < -0.39 is 47.4 Å². The molecule has 0 saturated heterocycles. The number of hydrazone groups is 1. The number of aromatic nitrogens is 2. The first kappa shape index (κ1) is 36.8. The summed E-state index contributed by atoms with van der Waals surface area (Å²) >= 11 is 0. The molecule has 0 fully saturated rings. The third kappa shape index (κ3) is 8.42. The molecule has 14 nitrogen and oxygen atoms in total. The monoisotopic (exact) mass is 663 g/mol. The van der Waals surface area contributed by atoms with Crippen LogP contribution in [-0.4, -0.2) is 53.4 Å². The van der Waals surface area contributed by atoms with Gasteiger partial charge in [-0.15, -0.1) is 5.10 Å². The van der Waals surface area contributed by atoms with E-state index in [0.717, 1.165) is 34.0 Å². The second-order valence-electron chi connectivity index (χ2n) is 8.37. The molecule has 0 spiro atoms. The predicted molar refractivity (Wildman–Crippen MR) is 139 cm³/mol. The van der Waals surface area contributed by atoms with Gasteiger partial charge in [0, 0.05) is 12.6 Å². The first-order chi connectivity index (χ1) is 18.7. The summed E-state index contributed by atoms with van der Waals surface area (Å²) in [6.45, 7) is 2.82. The van der Waals surface area contributed by atoms with Crippen LogP contribution < -0.4 is 119 Å². The molecule has 1 aliphatic rings. The second kappa shape index (κ2) is 14.6. The van der Waals surface area contributed by atoms with Gasteiger partial charge in [-0.25, -0.2) is 21.5 Å². The maximum absolute atomic E-state index is 13.1. The summed E-state index contributed by atoms with van der Waals surface area (Å²) in [6, 6.07) is 9.20. The van der Waals surface area contributed by atoms with Crippen molar-refractivity contribution in [1.29, 1.82) is 0 Å². The van der Waals surface area contributed by atoms with Crippen molar-refractivity contribution in [3.05, 3.63) is 87.9 Å². The van der Waals surface area contributed by atoms with Crippen LogP contribution in [0.4, 0.5) is 5.69 Å². The Bertz CT molecular complexity index is 1890. The van der Waals surface area contributed by atoms with Crippen LogP contribution in [0.5, 0.6) is 0 Å². The summed E-state index contributed by atoms with van der Waals surface area (Å²) < 4.78 is 68.1. The summed E-state index contributed by atoms with van der Waals surface area (Å²) in [6.07, 6.45) is 4.11. The minimum absolute atomic E-state index is 0. The molecular formula is C24H19K2N5O9S2. The first-order valence-electron chi connectivity index (χ1n) is 11.2. The third-order valence-electron chi connectivity index (χ3n) is 5.57. The SMILES string of the molecule is CC(=O)NC1=NN(c2ccc(S(=O)(=O)[O-])cc2)C(=O)C1=CC=Cc1c(C)[nH]n(-c2ccc(S(=O)(=O)[O-])cc2)c1=O.[K+].[K+]. The molecule has 0 radical (unpaired) electrons. The third-order valence-corrected chi connectivity index (χ3v) is 7.27. The number of hydrogen-bond acceptors (Lipinski definition) is 10. The Hall–Kier alpha value is -1.37. The number of aryl methyl sites for hydroxylation is 1. The van der Waals surface area contributed by atoms with Crippen molar-refractivity contribution in [2.75, 3.05) is 5.01 Å². The molecule has 18 heteroatoms. The molecule has 2 amide bonds. The number of aromatic amines is 1. The fourth-order valence-electron chi connectivity index (χ4n) is 3.69. The van der Waals surface area contributed by atoms with E-state index in [1.807, 2.05) is 0 Å². The quantitative estimate of drug-likeness (QED) is 0.146. The Morgan fingerprint density at radius 2 is 1.40 bits per heavy atom. The van der Waals surface area contributed by atoms with Crippen LogP contribution in [0, 0.1) is 6.92 Å². The van der Waals surface area contributed by atoms with Gasteiger partial charge in [-0.05, 0) is 67.6 Å². The van der Waals surface area contributed by atoms with Gasteiger partial charge in [0.25, 0.3) is 11.5 Å². The Kier molecular flexibility index (Phi) is 12.8. The standard InChI is InChI=1S/C24H21N5O9S2.2K/c1-14-20(23(31)28(26-14)16-6-10-18(11-7-16)39(33,34)35)4-3-5-21-22(25-15(2)30)27-29(24(21)32)17-8-12-19(13-9-17)40(36,37)38;;/h3-13,26H,1-2H3,(H,25,27,30)(H,33,34,35)(H,36,37,38);;/q;2*+1/p-2. The van der Waals surface area contributed by atoms with E-state index in [9.17, 15) is 40.3 Å². The Labute approximate surface area is 325 Å². The summed E-state index contributed by atoms with van der Waals surface area (Å²) in [5, 5.41) is 10.3. The van der Waals surface area contributed by atoms with Gasteiger partial charge in [0.2, 0.25) is 5.91 Å². The van der Waals surface area contributed by atoms with Crippen molar-refractivity contribution in [2.24, 2.45) is 5.10 Å². The van der Waals surface area contributed by atoms with E-state index in [-0.39, 0.29) is 131 Å². The first-order valence-corrected chi connectivity index (χ1v) is 14.0. The van der Waals surface area contributed by atoms with Gasteiger partial charge in [-0.3, -0.25) is 19.5 Å². The molecule has 2 aromatic carbocycles. The van der Waals surface area contributed by atoms with Crippen LogP contribution in [0.25, 0.3) is 11.8 Å². The van der Waals surface area contributed by atoms with Gasteiger partial charge in [-0.1, -0.05) is 6.08 Å². The number of amidine groups is 1. The van der Waals surface area contributed by atoms with Gasteiger partial charge < -0.3 is 14.4 Å². The Morgan fingerprint density at radius 1 is 0.905 bits per heavy atom. The molecule has 0 atom stereocenters. The number of amides is 2. The molecule has 0 saturated carbocycles. The molecule has 1 aromatic heterocycles. The van der Waals surface area contributed by atoms with Gasteiger partial charge in [0.1, 0.15) is 20.2 Å². The number of nitrogens with zero attached hydrogens (tertiary/aromatic N) is 3. The van der Waals surface area contributed by atoms with Gasteiger partial charge in [0.15, 0.2) is 5.84 Å². The largest absolute Gasteiger partial charge is 1.00 e.